The van der Waals surface area contributed by atoms with Crippen LogP contribution in [0.4, 0.5) is 0 Å². The maximum absolute atomic E-state index is 5.69. The van der Waals surface area contributed by atoms with E-state index in [1.165, 1.54) is 5.56 Å². The van der Waals surface area contributed by atoms with E-state index in [9.17, 15) is 0 Å². The molecule has 0 heterocycles. The van der Waals surface area contributed by atoms with Crippen LogP contribution in [0.15, 0.2) is 16.6 Å². The molecule has 0 fully saturated rings. The molecule has 0 spiro atoms. The summed E-state index contributed by atoms with van der Waals surface area (Å²) in [4.78, 5) is 0. The molecule has 19 heavy (non-hydrogen) atoms. The molecular weight excluding hydrogens is 306 g/mol. The summed E-state index contributed by atoms with van der Waals surface area (Å²) in [6.07, 6.45) is 0. The van der Waals surface area contributed by atoms with Crippen molar-refractivity contribution in [2.75, 3.05) is 20.3 Å². The van der Waals surface area contributed by atoms with Crippen molar-refractivity contribution in [2.24, 2.45) is 5.92 Å². The zero-order valence-electron chi connectivity index (χ0n) is 12.4. The highest BCUT2D eigenvalue weighted by Crippen LogP contribution is 2.38. The second kappa shape index (κ2) is 7.75. The summed E-state index contributed by atoms with van der Waals surface area (Å²) in [6, 6.07) is 4.35. The number of hydrogen-bond donors (Lipinski definition) is 1. The van der Waals surface area contributed by atoms with Crippen molar-refractivity contribution in [3.8, 4) is 11.5 Å². The van der Waals surface area contributed by atoms with Crippen LogP contribution < -0.4 is 14.8 Å². The molecule has 1 rings (SSSR count). The van der Waals surface area contributed by atoms with Gasteiger partial charge in [-0.05, 0) is 44.5 Å². The molecule has 0 bridgehead atoms. The highest BCUT2D eigenvalue weighted by atomic mass is 79.9. The molecule has 3 nitrogen and oxygen atoms in total. The van der Waals surface area contributed by atoms with E-state index in [2.05, 4.69) is 41.2 Å². The summed E-state index contributed by atoms with van der Waals surface area (Å²) >= 11 is 3.64. The Hall–Kier alpha value is -0.740. The van der Waals surface area contributed by atoms with Gasteiger partial charge in [-0.3, -0.25) is 0 Å². The Morgan fingerprint density at radius 2 is 1.63 bits per heavy atom. The fraction of sp³-hybridized carbons (Fsp3) is 0.600. The smallest absolute Gasteiger partial charge is 0.162 e. The van der Waals surface area contributed by atoms with Crippen LogP contribution in [0.1, 0.15) is 39.3 Å². The van der Waals surface area contributed by atoms with E-state index in [1.54, 1.807) is 0 Å². The van der Waals surface area contributed by atoms with Crippen molar-refractivity contribution in [3.63, 3.8) is 0 Å². The molecule has 1 aromatic rings. The maximum Gasteiger partial charge on any atom is 0.162 e. The van der Waals surface area contributed by atoms with Gasteiger partial charge in [0, 0.05) is 10.5 Å². The normalized spacial score (nSPS) is 12.6. The van der Waals surface area contributed by atoms with Gasteiger partial charge in [0.15, 0.2) is 11.5 Å². The first-order valence-corrected chi connectivity index (χ1v) is 7.60. The van der Waals surface area contributed by atoms with Crippen molar-refractivity contribution in [2.45, 2.75) is 33.7 Å². The molecule has 0 aliphatic rings. The highest BCUT2D eigenvalue weighted by molar-refractivity contribution is 9.10. The van der Waals surface area contributed by atoms with Crippen LogP contribution in [0.25, 0.3) is 0 Å². The van der Waals surface area contributed by atoms with Crippen LogP contribution in [0.5, 0.6) is 11.5 Å². The van der Waals surface area contributed by atoms with Gasteiger partial charge in [-0.25, -0.2) is 0 Å². The standard InChI is InChI=1S/C15H24BrNO2/c1-6-18-13-8-11(15(17-5)10(3)4)12(16)9-14(13)19-7-2/h8-10,15,17H,6-7H2,1-5H3. The fourth-order valence-corrected chi connectivity index (χ4v) is 2.74. The molecule has 1 aromatic carbocycles. The van der Waals surface area contributed by atoms with E-state index in [1.807, 2.05) is 27.0 Å². The SMILES string of the molecule is CCOc1cc(Br)c(C(NC)C(C)C)cc1OCC. The topological polar surface area (TPSA) is 30.5 Å². The number of rotatable bonds is 7. The second-order valence-electron chi connectivity index (χ2n) is 4.70. The Labute approximate surface area is 124 Å². The van der Waals surface area contributed by atoms with Crippen molar-refractivity contribution in [3.05, 3.63) is 22.2 Å². The summed E-state index contributed by atoms with van der Waals surface area (Å²) in [5.74, 6) is 2.09. The molecule has 1 N–H and O–H groups in total. The minimum atomic E-state index is 0.282. The molecule has 108 valence electrons. The van der Waals surface area contributed by atoms with Crippen LogP contribution >= 0.6 is 15.9 Å². The summed E-state index contributed by atoms with van der Waals surface area (Å²) in [7, 11) is 1.98. The molecule has 0 amide bonds. The number of nitrogens with one attached hydrogen (secondary N) is 1. The van der Waals surface area contributed by atoms with E-state index >= 15 is 0 Å². The third kappa shape index (κ3) is 4.11. The first-order valence-electron chi connectivity index (χ1n) is 6.81. The number of benzene rings is 1. The van der Waals surface area contributed by atoms with E-state index in [-0.39, 0.29) is 6.04 Å². The van der Waals surface area contributed by atoms with Gasteiger partial charge in [0.25, 0.3) is 0 Å². The number of halogens is 1. The van der Waals surface area contributed by atoms with Gasteiger partial charge in [-0.2, -0.15) is 0 Å². The molecule has 1 atom stereocenters. The van der Waals surface area contributed by atoms with Crippen molar-refractivity contribution in [1.82, 2.24) is 5.32 Å². The third-order valence-electron chi connectivity index (χ3n) is 2.98. The summed E-state index contributed by atoms with van der Waals surface area (Å²) < 4.78 is 12.4. The first kappa shape index (κ1) is 16.3. The zero-order valence-corrected chi connectivity index (χ0v) is 14.0. The lowest BCUT2D eigenvalue weighted by Gasteiger charge is -2.23. The van der Waals surface area contributed by atoms with Gasteiger partial charge >= 0.3 is 0 Å². The predicted molar refractivity (Wildman–Crippen MR) is 83.1 cm³/mol. The van der Waals surface area contributed by atoms with Crippen molar-refractivity contribution >= 4 is 15.9 Å². The Morgan fingerprint density at radius 3 is 2.05 bits per heavy atom. The Bertz CT molecular complexity index is 407. The fourth-order valence-electron chi connectivity index (χ4n) is 2.17. The quantitative estimate of drug-likeness (QED) is 0.814. The summed E-state index contributed by atoms with van der Waals surface area (Å²) in [6.45, 7) is 9.62. The lowest BCUT2D eigenvalue weighted by atomic mass is 9.96. The van der Waals surface area contributed by atoms with E-state index in [0.29, 0.717) is 19.1 Å². The average Bonchev–Trinajstić information content (AvgIpc) is 2.35. The average molecular weight is 330 g/mol. The van der Waals surface area contributed by atoms with Gasteiger partial charge in [0.05, 0.1) is 13.2 Å². The van der Waals surface area contributed by atoms with Crippen LogP contribution in [-0.2, 0) is 0 Å². The van der Waals surface area contributed by atoms with Crippen LogP contribution in [0.3, 0.4) is 0 Å². The molecule has 0 saturated heterocycles. The second-order valence-corrected chi connectivity index (χ2v) is 5.55. The molecule has 0 aliphatic carbocycles. The minimum Gasteiger partial charge on any atom is -0.490 e. The molecule has 0 aromatic heterocycles. The van der Waals surface area contributed by atoms with E-state index < -0.39 is 0 Å². The molecule has 0 saturated carbocycles. The Kier molecular flexibility index (Phi) is 6.66. The lowest BCUT2D eigenvalue weighted by molar-refractivity contribution is 0.286. The van der Waals surface area contributed by atoms with Crippen LogP contribution in [-0.4, -0.2) is 20.3 Å². The van der Waals surface area contributed by atoms with Crippen LogP contribution in [0.2, 0.25) is 0 Å². The Balaban J connectivity index is 3.22. The number of hydrogen-bond acceptors (Lipinski definition) is 3. The lowest BCUT2D eigenvalue weighted by Crippen LogP contribution is -2.22. The van der Waals surface area contributed by atoms with E-state index in [4.69, 9.17) is 9.47 Å². The predicted octanol–water partition coefficient (Wildman–Crippen LogP) is 4.16. The van der Waals surface area contributed by atoms with Gasteiger partial charge in [-0.15, -0.1) is 0 Å². The third-order valence-corrected chi connectivity index (χ3v) is 3.66. The first-order chi connectivity index (χ1) is 9.04. The van der Waals surface area contributed by atoms with Crippen LogP contribution in [0, 0.1) is 5.92 Å². The minimum absolute atomic E-state index is 0.282. The summed E-state index contributed by atoms with van der Waals surface area (Å²) in [5, 5.41) is 3.35. The van der Waals surface area contributed by atoms with Gasteiger partial charge in [0.2, 0.25) is 0 Å². The van der Waals surface area contributed by atoms with Crippen molar-refractivity contribution < 1.29 is 9.47 Å². The molecule has 0 aliphatic heterocycles. The monoisotopic (exact) mass is 329 g/mol. The van der Waals surface area contributed by atoms with Gasteiger partial charge < -0.3 is 14.8 Å². The zero-order chi connectivity index (χ0) is 14.4. The molecule has 4 heteroatoms. The van der Waals surface area contributed by atoms with Gasteiger partial charge in [0.1, 0.15) is 0 Å². The van der Waals surface area contributed by atoms with Gasteiger partial charge in [-0.1, -0.05) is 29.8 Å². The molecule has 0 radical (unpaired) electrons. The van der Waals surface area contributed by atoms with Crippen molar-refractivity contribution in [1.29, 1.82) is 0 Å². The highest BCUT2D eigenvalue weighted by Gasteiger charge is 2.19. The summed E-state index contributed by atoms with van der Waals surface area (Å²) in [5.41, 5.74) is 1.20. The maximum atomic E-state index is 5.69. The Morgan fingerprint density at radius 1 is 1.11 bits per heavy atom. The largest absolute Gasteiger partial charge is 0.490 e. The molecular formula is C15H24BrNO2. The molecule has 1 unspecified atom stereocenters. The van der Waals surface area contributed by atoms with E-state index in [0.717, 1.165) is 16.0 Å². The number of ether oxygens (including phenoxy) is 2.